The van der Waals surface area contributed by atoms with Crippen molar-refractivity contribution in [3.05, 3.63) is 0 Å². The molecule has 0 aromatic carbocycles. The fourth-order valence-corrected chi connectivity index (χ4v) is 15.7. The highest BCUT2D eigenvalue weighted by atomic mass is 31.2. The van der Waals surface area contributed by atoms with E-state index in [2.05, 4.69) is 34.6 Å². The Morgan fingerprint density at radius 1 is 0.257 bits per heavy atom. The number of aliphatic hydroxyl groups is 1. The van der Waals surface area contributed by atoms with E-state index in [0.717, 1.165) is 109 Å². The van der Waals surface area contributed by atoms with Gasteiger partial charge in [0.1, 0.15) is 19.3 Å². The first kappa shape index (κ1) is 107. The molecule has 0 rings (SSSR count). The van der Waals surface area contributed by atoms with Crippen molar-refractivity contribution in [2.24, 2.45) is 5.92 Å². The van der Waals surface area contributed by atoms with Gasteiger partial charge in [-0.15, -0.1) is 0 Å². The molecule has 17 nitrogen and oxygen atoms in total. The number of hydrogen-bond donors (Lipinski definition) is 3. The molecule has 6 atom stereocenters. The Balaban J connectivity index is 5.14. The molecule has 109 heavy (non-hydrogen) atoms. The Labute approximate surface area is 670 Å². The summed E-state index contributed by atoms with van der Waals surface area (Å²) < 4.78 is 68.9. The van der Waals surface area contributed by atoms with Gasteiger partial charge in [-0.2, -0.15) is 0 Å². The Morgan fingerprint density at radius 3 is 0.651 bits per heavy atom. The third-order valence-corrected chi connectivity index (χ3v) is 23.5. The highest BCUT2D eigenvalue weighted by molar-refractivity contribution is 7.47. The summed E-state index contributed by atoms with van der Waals surface area (Å²) in [5.74, 6) is -1.26. The molecule has 0 saturated heterocycles. The first-order valence-electron chi connectivity index (χ1n) is 46.7. The van der Waals surface area contributed by atoms with E-state index in [1.54, 1.807) is 0 Å². The molecule has 648 valence electrons. The van der Waals surface area contributed by atoms with Gasteiger partial charge >= 0.3 is 39.5 Å². The van der Waals surface area contributed by atoms with E-state index in [0.29, 0.717) is 25.7 Å². The van der Waals surface area contributed by atoms with Gasteiger partial charge in [-0.25, -0.2) is 9.13 Å². The lowest BCUT2D eigenvalue weighted by atomic mass is 9.99. The van der Waals surface area contributed by atoms with Gasteiger partial charge in [0.2, 0.25) is 0 Å². The van der Waals surface area contributed by atoms with Crippen molar-refractivity contribution >= 4 is 39.5 Å². The molecule has 0 aliphatic carbocycles. The zero-order valence-electron chi connectivity index (χ0n) is 71.7. The monoisotopic (exact) mass is 1590 g/mol. The van der Waals surface area contributed by atoms with Crippen molar-refractivity contribution in [1.82, 2.24) is 0 Å². The van der Waals surface area contributed by atoms with Crippen LogP contribution >= 0.6 is 15.6 Å². The van der Waals surface area contributed by atoms with Crippen molar-refractivity contribution < 1.29 is 80.2 Å². The van der Waals surface area contributed by atoms with Crippen LogP contribution in [0, 0.1) is 5.92 Å². The molecule has 0 fully saturated rings. The summed E-state index contributed by atoms with van der Waals surface area (Å²) in [5, 5.41) is 10.7. The number of phosphoric acid groups is 2. The maximum absolute atomic E-state index is 13.2. The first-order valence-corrected chi connectivity index (χ1v) is 49.7. The SMILES string of the molecule is CCCCCCCCCCCCCCCCCCCCCCCCC(=O)OC[C@H](COP(=O)(O)OC[C@@H](O)COP(=O)(O)OC[C@@H](COC(=O)CCCCCCCCC)OC(=O)CCCCCCCCCCCCCCCCC(C)CC)OC(=O)CCCCCCCCCCCCCCCCCCCCCCCC. The average Bonchev–Trinajstić information content (AvgIpc) is 0.904. The molecule has 19 heteroatoms. The first-order chi connectivity index (χ1) is 53.1. The van der Waals surface area contributed by atoms with Crippen molar-refractivity contribution in [1.29, 1.82) is 0 Å². The van der Waals surface area contributed by atoms with Crippen molar-refractivity contribution in [3.8, 4) is 0 Å². The Hall–Kier alpha value is -1.94. The van der Waals surface area contributed by atoms with E-state index in [1.807, 2.05) is 0 Å². The van der Waals surface area contributed by atoms with Crippen LogP contribution in [0.5, 0.6) is 0 Å². The molecule has 0 aliphatic heterocycles. The number of carbonyl (C=O) groups excluding carboxylic acids is 4. The zero-order chi connectivity index (χ0) is 79.7. The largest absolute Gasteiger partial charge is 0.472 e. The van der Waals surface area contributed by atoms with Gasteiger partial charge < -0.3 is 33.8 Å². The molecule has 0 aromatic heterocycles. The van der Waals surface area contributed by atoms with E-state index in [-0.39, 0.29) is 25.7 Å². The lowest BCUT2D eigenvalue weighted by molar-refractivity contribution is -0.161. The quantitative estimate of drug-likeness (QED) is 0.0222. The molecule has 0 aliphatic rings. The number of unbranched alkanes of at least 4 members (excludes halogenated alkanes) is 61. The van der Waals surface area contributed by atoms with Crippen molar-refractivity contribution in [2.45, 2.75) is 509 Å². The van der Waals surface area contributed by atoms with E-state index in [4.69, 9.17) is 37.0 Å². The van der Waals surface area contributed by atoms with E-state index < -0.39 is 97.5 Å². The third-order valence-electron chi connectivity index (χ3n) is 21.6. The fraction of sp³-hybridized carbons (Fsp3) is 0.956. The number of ether oxygens (including phenoxy) is 4. The second-order valence-electron chi connectivity index (χ2n) is 32.6. The lowest BCUT2D eigenvalue weighted by Crippen LogP contribution is -2.30. The second-order valence-corrected chi connectivity index (χ2v) is 35.5. The summed E-state index contributed by atoms with van der Waals surface area (Å²) in [5.41, 5.74) is 0. The van der Waals surface area contributed by atoms with Gasteiger partial charge in [0.25, 0.3) is 0 Å². The van der Waals surface area contributed by atoms with Gasteiger partial charge in [-0.3, -0.25) is 37.3 Å². The topological polar surface area (TPSA) is 237 Å². The molecule has 0 aromatic rings. The highest BCUT2D eigenvalue weighted by Crippen LogP contribution is 2.45. The Bertz CT molecular complexity index is 2070. The van der Waals surface area contributed by atoms with E-state index in [1.165, 1.54) is 302 Å². The molecule has 0 heterocycles. The van der Waals surface area contributed by atoms with E-state index >= 15 is 0 Å². The number of aliphatic hydroxyl groups excluding tert-OH is 1. The summed E-state index contributed by atoms with van der Waals surface area (Å²) in [6.07, 6.45) is 78.2. The predicted octanol–water partition coefficient (Wildman–Crippen LogP) is 27.9. The summed E-state index contributed by atoms with van der Waals surface area (Å²) in [7, 11) is -9.93. The van der Waals surface area contributed by atoms with Crippen LogP contribution < -0.4 is 0 Å². The smallest absolute Gasteiger partial charge is 0.462 e. The molecular formula is C90H176O17P2. The second kappa shape index (κ2) is 82.6. The minimum Gasteiger partial charge on any atom is -0.462 e. The normalized spacial score (nSPS) is 13.9. The van der Waals surface area contributed by atoms with Crippen LogP contribution in [0.3, 0.4) is 0 Å². The molecule has 0 bridgehead atoms. The number of esters is 4. The molecule has 0 spiro atoms. The number of carbonyl (C=O) groups is 4. The third kappa shape index (κ3) is 82.4. The van der Waals surface area contributed by atoms with Crippen molar-refractivity contribution in [2.75, 3.05) is 39.6 Å². The maximum atomic E-state index is 13.2. The van der Waals surface area contributed by atoms with Gasteiger partial charge in [-0.1, -0.05) is 439 Å². The lowest BCUT2D eigenvalue weighted by Gasteiger charge is -2.21. The van der Waals surface area contributed by atoms with E-state index in [9.17, 15) is 43.2 Å². The minimum atomic E-state index is -4.97. The Kier molecular flexibility index (Phi) is 81.1. The predicted molar refractivity (Wildman–Crippen MR) is 451 cm³/mol. The van der Waals surface area contributed by atoms with Crippen molar-refractivity contribution in [3.63, 3.8) is 0 Å². The zero-order valence-corrected chi connectivity index (χ0v) is 73.5. The van der Waals surface area contributed by atoms with Crippen LogP contribution in [0.15, 0.2) is 0 Å². The summed E-state index contributed by atoms with van der Waals surface area (Å²) in [4.78, 5) is 73.2. The molecule has 3 unspecified atom stereocenters. The molecular weight excluding hydrogens is 1410 g/mol. The van der Waals surface area contributed by atoms with Crippen LogP contribution in [0.4, 0.5) is 0 Å². The fourth-order valence-electron chi connectivity index (χ4n) is 14.1. The van der Waals surface area contributed by atoms with Crippen LogP contribution in [0.2, 0.25) is 0 Å². The molecule has 0 saturated carbocycles. The van der Waals surface area contributed by atoms with Gasteiger partial charge in [-0.05, 0) is 31.6 Å². The average molecular weight is 1590 g/mol. The van der Waals surface area contributed by atoms with Crippen LogP contribution in [-0.2, 0) is 65.4 Å². The number of hydrogen-bond acceptors (Lipinski definition) is 15. The molecule has 0 radical (unpaired) electrons. The standard InChI is InChI=1S/C90H176O17P2/c1-6-10-13-16-19-21-23-25-27-29-31-33-35-37-39-41-46-50-54-59-64-69-74-88(93)101-80-86(107-90(95)76-70-65-60-55-51-47-42-40-38-36-34-32-30-28-26-24-22-20-17-14-11-7-2)82-105-109(98,99)103-78-84(91)77-102-108(96,97)104-81-85(79-100-87(92)73-68-63-57-18-15-12-8-3)106-89(94)75-71-66-61-56-52-48-44-43-45-49-53-58-62-67-72-83(5)9-4/h83-86,91H,6-82H2,1-5H3,(H,96,97)(H,98,99)/t83?,84-,85+,86+/m0/s1. The molecule has 3 N–H and O–H groups in total. The molecule has 0 amide bonds. The summed E-state index contributed by atoms with van der Waals surface area (Å²) >= 11 is 0. The highest BCUT2D eigenvalue weighted by Gasteiger charge is 2.31. The van der Waals surface area contributed by atoms with Crippen LogP contribution in [-0.4, -0.2) is 96.7 Å². The number of phosphoric ester groups is 2. The number of rotatable bonds is 90. The summed E-state index contributed by atoms with van der Waals surface area (Å²) in [6.45, 7) is 7.39. The van der Waals surface area contributed by atoms with Gasteiger partial charge in [0.15, 0.2) is 12.2 Å². The Morgan fingerprint density at radius 2 is 0.440 bits per heavy atom. The van der Waals surface area contributed by atoms with Gasteiger partial charge in [0, 0.05) is 25.7 Å². The van der Waals surface area contributed by atoms with Crippen LogP contribution in [0.1, 0.15) is 490 Å². The minimum absolute atomic E-state index is 0.108. The summed E-state index contributed by atoms with van der Waals surface area (Å²) in [6, 6.07) is 0. The van der Waals surface area contributed by atoms with Gasteiger partial charge in [0.05, 0.1) is 26.4 Å². The maximum Gasteiger partial charge on any atom is 0.472 e. The van der Waals surface area contributed by atoms with Crippen LogP contribution in [0.25, 0.3) is 0 Å².